The van der Waals surface area contributed by atoms with Gasteiger partial charge in [-0.25, -0.2) is 4.79 Å². The lowest BCUT2D eigenvalue weighted by Gasteiger charge is -2.18. The molecule has 2 aromatic rings. The summed E-state index contributed by atoms with van der Waals surface area (Å²) in [7, 11) is 1.36. The summed E-state index contributed by atoms with van der Waals surface area (Å²) < 4.78 is 5.38. The van der Waals surface area contributed by atoms with Crippen molar-refractivity contribution in [1.29, 1.82) is 0 Å². The predicted molar refractivity (Wildman–Crippen MR) is 103 cm³/mol. The van der Waals surface area contributed by atoms with Crippen molar-refractivity contribution < 1.29 is 14.4 Å². The quantitative estimate of drug-likeness (QED) is 0.397. The van der Waals surface area contributed by atoms with Crippen LogP contribution in [0.5, 0.6) is 0 Å². The SMILES string of the molecule is COC(=O)c1ccc(CON=Cc2ccc(C(C)(C)C)cc2)cc1Br. The number of halogens is 1. The molecule has 0 fully saturated rings. The van der Waals surface area contributed by atoms with Gasteiger partial charge in [0.05, 0.1) is 18.9 Å². The van der Waals surface area contributed by atoms with E-state index in [1.54, 1.807) is 12.3 Å². The van der Waals surface area contributed by atoms with E-state index in [9.17, 15) is 4.79 Å². The molecule has 0 saturated heterocycles. The van der Waals surface area contributed by atoms with Gasteiger partial charge in [0.2, 0.25) is 0 Å². The number of ether oxygens (including phenoxy) is 1. The van der Waals surface area contributed by atoms with Crippen LogP contribution in [0.1, 0.15) is 47.8 Å². The molecule has 0 aliphatic rings. The van der Waals surface area contributed by atoms with Crippen molar-refractivity contribution in [2.24, 2.45) is 5.16 Å². The topological polar surface area (TPSA) is 47.9 Å². The first-order chi connectivity index (χ1) is 11.8. The third-order valence-corrected chi connectivity index (χ3v) is 4.38. The molecule has 0 saturated carbocycles. The standard InChI is InChI=1S/C20H22BrNO3/c1-20(2,3)16-8-5-14(6-9-16)12-22-25-13-15-7-10-17(18(21)11-15)19(23)24-4/h5-12H,13H2,1-4H3. The molecule has 0 N–H and O–H groups in total. The van der Waals surface area contributed by atoms with E-state index in [1.807, 2.05) is 24.3 Å². The number of hydrogen-bond acceptors (Lipinski definition) is 4. The van der Waals surface area contributed by atoms with Gasteiger partial charge < -0.3 is 9.57 Å². The Morgan fingerprint density at radius 3 is 2.40 bits per heavy atom. The molecule has 0 radical (unpaired) electrons. The van der Waals surface area contributed by atoms with Gasteiger partial charge in [-0.1, -0.05) is 56.3 Å². The van der Waals surface area contributed by atoms with Crippen LogP contribution in [0.2, 0.25) is 0 Å². The molecule has 0 aliphatic heterocycles. The number of benzene rings is 2. The Hall–Kier alpha value is -2.14. The second-order valence-corrected chi connectivity index (χ2v) is 7.54. The number of hydrogen-bond donors (Lipinski definition) is 0. The number of carbonyl (C=O) groups excluding carboxylic acids is 1. The minimum absolute atomic E-state index is 0.135. The van der Waals surface area contributed by atoms with Crippen LogP contribution in [0.15, 0.2) is 52.1 Å². The normalized spacial score (nSPS) is 11.6. The molecule has 0 unspecified atom stereocenters. The van der Waals surface area contributed by atoms with Crippen molar-refractivity contribution in [1.82, 2.24) is 0 Å². The summed E-state index contributed by atoms with van der Waals surface area (Å²) in [6.45, 7) is 6.87. The van der Waals surface area contributed by atoms with Crippen LogP contribution in [0.25, 0.3) is 0 Å². The fourth-order valence-electron chi connectivity index (χ4n) is 2.20. The van der Waals surface area contributed by atoms with Crippen LogP contribution >= 0.6 is 15.9 Å². The highest BCUT2D eigenvalue weighted by Crippen LogP contribution is 2.22. The molecule has 132 valence electrons. The highest BCUT2D eigenvalue weighted by molar-refractivity contribution is 9.10. The summed E-state index contributed by atoms with van der Waals surface area (Å²) >= 11 is 3.36. The van der Waals surface area contributed by atoms with Gasteiger partial charge in [-0.2, -0.15) is 0 Å². The second kappa shape index (κ2) is 8.30. The van der Waals surface area contributed by atoms with Gasteiger partial charge in [-0.3, -0.25) is 0 Å². The average Bonchev–Trinajstić information content (AvgIpc) is 2.58. The van der Waals surface area contributed by atoms with Crippen LogP contribution in [-0.4, -0.2) is 19.3 Å². The number of rotatable bonds is 5. The van der Waals surface area contributed by atoms with Crippen molar-refractivity contribution in [3.05, 3.63) is 69.2 Å². The minimum atomic E-state index is -0.379. The van der Waals surface area contributed by atoms with Gasteiger partial charge in [0.25, 0.3) is 0 Å². The van der Waals surface area contributed by atoms with Crippen molar-refractivity contribution in [3.63, 3.8) is 0 Å². The Labute approximate surface area is 157 Å². The van der Waals surface area contributed by atoms with E-state index in [-0.39, 0.29) is 11.4 Å². The summed E-state index contributed by atoms with van der Waals surface area (Å²) in [5.74, 6) is -0.379. The van der Waals surface area contributed by atoms with Crippen LogP contribution in [0.4, 0.5) is 0 Å². The lowest BCUT2D eigenvalue weighted by molar-refractivity contribution is 0.0599. The maximum atomic E-state index is 11.5. The molecule has 4 nitrogen and oxygen atoms in total. The molecule has 5 heteroatoms. The zero-order valence-corrected chi connectivity index (χ0v) is 16.5. The second-order valence-electron chi connectivity index (χ2n) is 6.69. The van der Waals surface area contributed by atoms with E-state index < -0.39 is 0 Å². The Bertz CT molecular complexity index is 762. The number of oxime groups is 1. The number of esters is 1. The predicted octanol–water partition coefficient (Wildman–Crippen LogP) is 5.08. The maximum absolute atomic E-state index is 11.5. The zero-order valence-electron chi connectivity index (χ0n) is 14.9. The van der Waals surface area contributed by atoms with Crippen molar-refractivity contribution >= 4 is 28.1 Å². The van der Waals surface area contributed by atoms with Gasteiger partial charge in [-0.15, -0.1) is 0 Å². The first-order valence-electron chi connectivity index (χ1n) is 7.94. The van der Waals surface area contributed by atoms with Crippen molar-refractivity contribution in [2.45, 2.75) is 32.8 Å². The van der Waals surface area contributed by atoms with Crippen LogP contribution in [-0.2, 0) is 21.6 Å². The number of methoxy groups -OCH3 is 1. The summed E-state index contributed by atoms with van der Waals surface area (Å²) in [5, 5.41) is 4.00. The molecular formula is C20H22BrNO3. The summed E-state index contributed by atoms with van der Waals surface area (Å²) in [6.07, 6.45) is 1.68. The largest absolute Gasteiger partial charge is 0.465 e. The fourth-order valence-corrected chi connectivity index (χ4v) is 2.79. The molecule has 0 aliphatic carbocycles. The average molecular weight is 404 g/mol. The smallest absolute Gasteiger partial charge is 0.339 e. The Kier molecular flexibility index (Phi) is 6.37. The van der Waals surface area contributed by atoms with Crippen molar-refractivity contribution in [2.75, 3.05) is 7.11 Å². The Morgan fingerprint density at radius 1 is 1.16 bits per heavy atom. The van der Waals surface area contributed by atoms with Gasteiger partial charge >= 0.3 is 5.97 Å². The highest BCUT2D eigenvalue weighted by Gasteiger charge is 2.12. The fraction of sp³-hybridized carbons (Fsp3) is 0.300. The molecule has 0 spiro atoms. The first kappa shape index (κ1) is 19.2. The van der Waals surface area contributed by atoms with Crippen LogP contribution in [0, 0.1) is 0 Å². The van der Waals surface area contributed by atoms with E-state index in [1.165, 1.54) is 12.7 Å². The molecule has 0 amide bonds. The highest BCUT2D eigenvalue weighted by atomic mass is 79.9. The molecule has 0 aromatic heterocycles. The molecule has 2 rings (SSSR count). The Balaban J connectivity index is 1.93. The molecule has 0 bridgehead atoms. The minimum Gasteiger partial charge on any atom is -0.465 e. The van der Waals surface area contributed by atoms with Gasteiger partial charge in [0.15, 0.2) is 0 Å². The van der Waals surface area contributed by atoms with E-state index in [4.69, 9.17) is 9.57 Å². The monoisotopic (exact) mass is 403 g/mol. The number of carbonyl (C=O) groups is 1. The summed E-state index contributed by atoms with van der Waals surface area (Å²) in [5.41, 5.74) is 3.78. The number of nitrogens with zero attached hydrogens (tertiary/aromatic N) is 1. The van der Waals surface area contributed by atoms with Gasteiger partial charge in [-0.05, 0) is 50.2 Å². The van der Waals surface area contributed by atoms with E-state index >= 15 is 0 Å². The van der Waals surface area contributed by atoms with Crippen LogP contribution in [0.3, 0.4) is 0 Å². The third kappa shape index (κ3) is 5.43. The van der Waals surface area contributed by atoms with Gasteiger partial charge in [0, 0.05) is 4.47 Å². The van der Waals surface area contributed by atoms with Gasteiger partial charge in [0.1, 0.15) is 6.61 Å². The van der Waals surface area contributed by atoms with E-state index in [2.05, 4.69) is 54.0 Å². The lowest BCUT2D eigenvalue weighted by Crippen LogP contribution is -2.10. The van der Waals surface area contributed by atoms with Crippen LogP contribution < -0.4 is 0 Å². The molecule has 0 atom stereocenters. The summed E-state index contributed by atoms with van der Waals surface area (Å²) in [4.78, 5) is 16.9. The molecule has 0 heterocycles. The Morgan fingerprint density at radius 2 is 1.84 bits per heavy atom. The van der Waals surface area contributed by atoms with Crippen molar-refractivity contribution in [3.8, 4) is 0 Å². The maximum Gasteiger partial charge on any atom is 0.339 e. The third-order valence-electron chi connectivity index (χ3n) is 3.72. The first-order valence-corrected chi connectivity index (χ1v) is 8.73. The lowest BCUT2D eigenvalue weighted by atomic mass is 9.87. The zero-order chi connectivity index (χ0) is 18.4. The molecular weight excluding hydrogens is 382 g/mol. The molecule has 2 aromatic carbocycles. The van der Waals surface area contributed by atoms with E-state index in [0.717, 1.165) is 11.1 Å². The van der Waals surface area contributed by atoms with E-state index in [0.29, 0.717) is 16.6 Å². The summed E-state index contributed by atoms with van der Waals surface area (Å²) in [6, 6.07) is 13.6. The molecule has 25 heavy (non-hydrogen) atoms.